The van der Waals surface area contributed by atoms with Gasteiger partial charge in [-0.3, -0.25) is 0 Å². The highest BCUT2D eigenvalue weighted by atomic mass is 16.7. The van der Waals surface area contributed by atoms with Gasteiger partial charge in [0.2, 0.25) is 0 Å². The lowest BCUT2D eigenvalue weighted by Crippen LogP contribution is -2.53. The van der Waals surface area contributed by atoms with Gasteiger partial charge in [-0.05, 0) is 73.8 Å². The molecule has 0 aromatic heterocycles. The van der Waals surface area contributed by atoms with Gasteiger partial charge < -0.3 is 19.3 Å². The van der Waals surface area contributed by atoms with Crippen molar-refractivity contribution in [3.63, 3.8) is 0 Å². The fourth-order valence-electron chi connectivity index (χ4n) is 7.19. The Morgan fingerprint density at radius 2 is 2.08 bits per heavy atom. The molecule has 0 amide bonds. The zero-order chi connectivity index (χ0) is 27.5. The van der Waals surface area contributed by atoms with Gasteiger partial charge in [-0.1, -0.05) is 36.4 Å². The van der Waals surface area contributed by atoms with Gasteiger partial charge >= 0.3 is 5.97 Å². The predicted octanol–water partition coefficient (Wildman–Crippen LogP) is 5.44. The highest BCUT2D eigenvalue weighted by molar-refractivity contribution is 5.88. The first kappa shape index (κ1) is 27.1. The lowest BCUT2D eigenvalue weighted by molar-refractivity contribution is -1.07. The predicted molar refractivity (Wildman–Crippen MR) is 151 cm³/mol. The summed E-state index contributed by atoms with van der Waals surface area (Å²) in [4.78, 5) is 19.0. The molecule has 7 nitrogen and oxygen atoms in total. The van der Waals surface area contributed by atoms with E-state index in [4.69, 9.17) is 19.0 Å². The fourth-order valence-corrected chi connectivity index (χ4v) is 7.19. The Balaban J connectivity index is 1.28. The van der Waals surface area contributed by atoms with Crippen molar-refractivity contribution in [3.05, 3.63) is 88.4 Å². The normalized spacial score (nSPS) is 30.6. The van der Waals surface area contributed by atoms with Gasteiger partial charge in [-0.25, -0.2) is 9.63 Å². The van der Waals surface area contributed by atoms with E-state index in [1.807, 2.05) is 6.08 Å². The van der Waals surface area contributed by atoms with Crippen molar-refractivity contribution in [1.82, 2.24) is 0 Å². The summed E-state index contributed by atoms with van der Waals surface area (Å²) in [6.07, 6.45) is 19.2. The smallest absolute Gasteiger partial charge is 0.331 e. The molecule has 0 fully saturated rings. The van der Waals surface area contributed by atoms with E-state index in [2.05, 4.69) is 48.7 Å². The molecule has 2 aliphatic carbocycles. The number of aryl methyl sites for hydroxylation is 1. The summed E-state index contributed by atoms with van der Waals surface area (Å²) in [5.41, 5.74) is 5.43. The van der Waals surface area contributed by atoms with Crippen LogP contribution in [0.15, 0.2) is 77.3 Å². The summed E-state index contributed by atoms with van der Waals surface area (Å²) in [6.45, 7) is 2.49. The molecule has 0 spiro atoms. The van der Waals surface area contributed by atoms with Crippen LogP contribution in [0.4, 0.5) is 0 Å². The quantitative estimate of drug-likeness (QED) is 0.363. The molecule has 0 saturated heterocycles. The minimum absolute atomic E-state index is 0.0450. The monoisotopic (exact) mass is 546 g/mol. The van der Waals surface area contributed by atoms with E-state index < -0.39 is 5.97 Å². The van der Waals surface area contributed by atoms with Crippen LogP contribution in [0.3, 0.4) is 0 Å². The molecule has 3 heterocycles. The second kappa shape index (κ2) is 11.8. The van der Waals surface area contributed by atoms with Crippen molar-refractivity contribution in [2.45, 2.75) is 51.0 Å². The molecule has 0 saturated carbocycles. The number of hydrogen-bond donors (Lipinski definition) is 1. The Labute approximate surface area is 236 Å². The third-order valence-electron chi connectivity index (χ3n) is 9.00. The number of quaternary nitrogens is 1. The molecule has 6 rings (SSSR count). The topological polar surface area (TPSA) is 74.2 Å². The van der Waals surface area contributed by atoms with E-state index in [9.17, 15) is 9.90 Å². The van der Waals surface area contributed by atoms with Crippen LogP contribution in [0.2, 0.25) is 0 Å². The SMILES string of the molecule is CO[N+]12C=C3C=C(C1)OCCOCC/C=C(\C(=O)O)C(CCCOc1cccc4c1CCCC4)C1=CC=CC3C12. The first-order valence-corrected chi connectivity index (χ1v) is 14.7. The average molecular weight is 547 g/mol. The van der Waals surface area contributed by atoms with Crippen LogP contribution < -0.4 is 4.74 Å². The van der Waals surface area contributed by atoms with Crippen LogP contribution in [0, 0.1) is 11.8 Å². The standard InChI is InChI=1S/C33H39NO6/c1-37-34-21-24-20-25(22-34)39-19-18-38-16-6-14-30(33(35)36)28(29-12-5-11-27(24)32(29)34)13-7-17-40-31-15-4-9-23-8-2-3-10-26(23)31/h4-5,9,11-12,14-15,20-21,27-28,32H,2-3,6-8,10,13,16-19,22H2,1H3/p+1/b30-14-. The molecule has 7 heteroatoms. The van der Waals surface area contributed by atoms with Crippen molar-refractivity contribution in [3.8, 4) is 5.75 Å². The van der Waals surface area contributed by atoms with Gasteiger partial charge in [0.05, 0.1) is 32.8 Å². The summed E-state index contributed by atoms with van der Waals surface area (Å²) >= 11 is 0. The summed E-state index contributed by atoms with van der Waals surface area (Å²) in [5, 5.41) is 10.4. The molecule has 3 bridgehead atoms. The third kappa shape index (κ3) is 5.18. The number of rotatable bonds is 7. The van der Waals surface area contributed by atoms with Crippen molar-refractivity contribution in [2.75, 3.05) is 40.1 Å². The van der Waals surface area contributed by atoms with E-state index in [1.54, 1.807) is 7.11 Å². The number of carboxylic acid groups (broad SMARTS) is 1. The summed E-state index contributed by atoms with van der Waals surface area (Å²) in [7, 11) is 1.74. The number of ether oxygens (including phenoxy) is 3. The Kier molecular flexibility index (Phi) is 7.96. The van der Waals surface area contributed by atoms with E-state index >= 15 is 0 Å². The number of carbonyl (C=O) groups is 1. The highest BCUT2D eigenvalue weighted by Gasteiger charge is 2.56. The second-order valence-electron chi connectivity index (χ2n) is 11.3. The molecule has 4 atom stereocenters. The van der Waals surface area contributed by atoms with E-state index in [1.165, 1.54) is 24.0 Å². The summed E-state index contributed by atoms with van der Waals surface area (Å²) < 4.78 is 18.5. The Morgan fingerprint density at radius 3 is 2.95 bits per heavy atom. The van der Waals surface area contributed by atoms with E-state index in [0.717, 1.165) is 41.9 Å². The number of benzene rings is 1. The van der Waals surface area contributed by atoms with Crippen molar-refractivity contribution in [1.29, 1.82) is 0 Å². The van der Waals surface area contributed by atoms with Gasteiger partial charge in [0.25, 0.3) is 0 Å². The van der Waals surface area contributed by atoms with E-state index in [0.29, 0.717) is 51.4 Å². The number of carboxylic acids is 1. The van der Waals surface area contributed by atoms with Crippen LogP contribution in [0.5, 0.6) is 5.75 Å². The molecule has 40 heavy (non-hydrogen) atoms. The highest BCUT2D eigenvalue weighted by Crippen LogP contribution is 2.49. The Hall–Kier alpha value is -3.13. The van der Waals surface area contributed by atoms with Crippen molar-refractivity contribution in [2.24, 2.45) is 11.8 Å². The van der Waals surface area contributed by atoms with Crippen LogP contribution in [-0.4, -0.2) is 61.8 Å². The first-order chi connectivity index (χ1) is 19.6. The molecule has 3 aliphatic heterocycles. The van der Waals surface area contributed by atoms with Gasteiger partial charge in [0, 0.05) is 17.1 Å². The molecular formula is C33H40NO6+. The van der Waals surface area contributed by atoms with Crippen molar-refractivity contribution < 1.29 is 33.6 Å². The van der Waals surface area contributed by atoms with Crippen LogP contribution in [0.1, 0.15) is 43.2 Å². The molecular weight excluding hydrogens is 506 g/mol. The Bertz CT molecular complexity index is 1290. The maximum Gasteiger partial charge on any atom is 0.331 e. The van der Waals surface area contributed by atoms with Crippen molar-refractivity contribution >= 4 is 5.97 Å². The number of allylic oxidation sites excluding steroid dienone is 3. The summed E-state index contributed by atoms with van der Waals surface area (Å²) in [5.74, 6) is 0.827. The zero-order valence-electron chi connectivity index (χ0n) is 23.3. The third-order valence-corrected chi connectivity index (χ3v) is 9.00. The zero-order valence-corrected chi connectivity index (χ0v) is 23.3. The minimum atomic E-state index is -0.874. The maximum absolute atomic E-state index is 12.7. The Morgan fingerprint density at radius 1 is 1.18 bits per heavy atom. The van der Waals surface area contributed by atoms with Crippen LogP contribution >= 0.6 is 0 Å². The largest absolute Gasteiger partial charge is 0.493 e. The number of aliphatic carboxylic acids is 1. The number of hydrogen-bond acceptors (Lipinski definition) is 5. The maximum atomic E-state index is 12.7. The molecule has 1 aromatic carbocycles. The molecule has 1 aromatic rings. The number of nitrogens with zero attached hydrogens (tertiary/aromatic N) is 1. The van der Waals surface area contributed by atoms with Crippen LogP contribution in [-0.2, 0) is 31.9 Å². The molecule has 0 radical (unpaired) electrons. The minimum Gasteiger partial charge on any atom is -0.493 e. The lowest BCUT2D eigenvalue weighted by Gasteiger charge is -2.40. The number of fused-ring (bicyclic) bond motifs is 3. The lowest BCUT2D eigenvalue weighted by atomic mass is 9.75. The molecule has 5 aliphatic rings. The molecule has 1 N–H and O–H groups in total. The number of hydroxylamine groups is 3. The molecule has 212 valence electrons. The summed E-state index contributed by atoms with van der Waals surface area (Å²) in [6, 6.07) is 6.33. The van der Waals surface area contributed by atoms with Gasteiger partial charge in [-0.2, -0.15) is 0 Å². The fraction of sp³-hybridized carbons (Fsp3) is 0.485. The molecule has 4 unspecified atom stereocenters. The van der Waals surface area contributed by atoms with Crippen LogP contribution in [0.25, 0.3) is 0 Å². The average Bonchev–Trinajstić information content (AvgIpc) is 3.21. The second-order valence-corrected chi connectivity index (χ2v) is 11.3. The van der Waals surface area contributed by atoms with Gasteiger partial charge in [-0.15, -0.1) is 4.65 Å². The first-order valence-electron chi connectivity index (χ1n) is 14.7. The van der Waals surface area contributed by atoms with Gasteiger partial charge in [0.15, 0.2) is 18.3 Å². The van der Waals surface area contributed by atoms with E-state index in [-0.39, 0.29) is 22.5 Å². The van der Waals surface area contributed by atoms with Gasteiger partial charge in [0.1, 0.15) is 18.6 Å².